The number of halogens is 1. The van der Waals surface area contributed by atoms with Crippen LogP contribution >= 0.6 is 11.6 Å². The largest absolute Gasteiger partial charge is 0.477 e. The number of carboxylic acid groups (broad SMARTS) is 1. The number of aromatic nitrogens is 1. The smallest absolute Gasteiger partial charge is 0.341 e. The normalized spacial score (nSPS) is 9.95. The Hall–Kier alpha value is -2.25. The second-order valence-electron chi connectivity index (χ2n) is 3.84. The minimum Gasteiger partial charge on any atom is -0.477 e. The molecule has 0 amide bonds. The lowest BCUT2D eigenvalue weighted by Crippen LogP contribution is -2.15. The summed E-state index contributed by atoms with van der Waals surface area (Å²) in [5.74, 6) is 5.04. The number of alkyl halides is 1. The van der Waals surface area contributed by atoms with E-state index in [4.69, 9.17) is 16.7 Å². The fraction of sp³-hybridized carbons (Fsp3) is 0.143. The number of carboxylic acids is 1. The second kappa shape index (κ2) is 5.59. The maximum Gasteiger partial charge on any atom is 0.341 e. The summed E-state index contributed by atoms with van der Waals surface area (Å²) in [7, 11) is 0. The van der Waals surface area contributed by atoms with Crippen molar-refractivity contribution < 1.29 is 9.90 Å². The topological polar surface area (TPSA) is 70.2 Å². The zero-order valence-corrected chi connectivity index (χ0v) is 10.6. The number of nitrogens with one attached hydrogen (secondary N) is 1. The van der Waals surface area contributed by atoms with Crippen LogP contribution in [0.5, 0.6) is 0 Å². The van der Waals surface area contributed by atoms with Crippen molar-refractivity contribution in [3.8, 4) is 11.8 Å². The number of pyridine rings is 1. The fourth-order valence-electron chi connectivity index (χ4n) is 1.67. The van der Waals surface area contributed by atoms with Crippen LogP contribution in [-0.4, -0.2) is 21.9 Å². The Labute approximate surface area is 114 Å². The van der Waals surface area contributed by atoms with Gasteiger partial charge < -0.3 is 10.1 Å². The van der Waals surface area contributed by atoms with Gasteiger partial charge in [0.25, 0.3) is 0 Å². The van der Waals surface area contributed by atoms with E-state index in [-0.39, 0.29) is 5.56 Å². The molecular formula is C14H10ClNO3. The number of hydrogen-bond donors (Lipinski definition) is 2. The Morgan fingerprint density at radius 2 is 2.21 bits per heavy atom. The zero-order chi connectivity index (χ0) is 13.8. The van der Waals surface area contributed by atoms with Gasteiger partial charge in [-0.25, -0.2) is 4.79 Å². The Kier molecular flexibility index (Phi) is 3.88. The van der Waals surface area contributed by atoms with Gasteiger partial charge in [-0.05, 0) is 18.2 Å². The van der Waals surface area contributed by atoms with E-state index in [1.54, 1.807) is 18.2 Å². The highest BCUT2D eigenvalue weighted by Crippen LogP contribution is 2.10. The van der Waals surface area contributed by atoms with Crippen LogP contribution in [0.1, 0.15) is 22.3 Å². The van der Waals surface area contributed by atoms with Crippen molar-refractivity contribution in [2.24, 2.45) is 0 Å². The standard InChI is InChI=1S/C14H10ClNO3/c15-6-2-1-3-9-4-5-10-12(7-9)16-8-11(13(10)17)14(18)19/h4-5,7-8H,2,6H2,(H,16,17)(H,18,19). The Balaban J connectivity index is 2.53. The van der Waals surface area contributed by atoms with Gasteiger partial charge in [0.2, 0.25) is 5.43 Å². The molecule has 0 bridgehead atoms. The molecule has 0 aliphatic rings. The molecule has 0 fully saturated rings. The highest BCUT2D eigenvalue weighted by atomic mass is 35.5. The van der Waals surface area contributed by atoms with Crippen molar-refractivity contribution in [3.63, 3.8) is 0 Å². The van der Waals surface area contributed by atoms with Crippen LogP contribution in [0.2, 0.25) is 0 Å². The van der Waals surface area contributed by atoms with Crippen LogP contribution in [0, 0.1) is 11.8 Å². The first-order chi connectivity index (χ1) is 9.13. The van der Waals surface area contributed by atoms with Crippen molar-refractivity contribution in [2.45, 2.75) is 6.42 Å². The summed E-state index contributed by atoms with van der Waals surface area (Å²) in [6.07, 6.45) is 1.79. The summed E-state index contributed by atoms with van der Waals surface area (Å²) in [6.45, 7) is 0. The first-order valence-electron chi connectivity index (χ1n) is 5.57. The van der Waals surface area contributed by atoms with Gasteiger partial charge in [-0.3, -0.25) is 4.79 Å². The molecular weight excluding hydrogens is 266 g/mol. The number of carbonyl (C=O) groups is 1. The third-order valence-corrected chi connectivity index (χ3v) is 2.75. The summed E-state index contributed by atoms with van der Waals surface area (Å²) >= 11 is 5.53. The number of hydrogen-bond acceptors (Lipinski definition) is 2. The first kappa shape index (κ1) is 13.2. The van der Waals surface area contributed by atoms with E-state index in [1.165, 1.54) is 6.20 Å². The fourth-order valence-corrected chi connectivity index (χ4v) is 1.77. The number of rotatable bonds is 2. The lowest BCUT2D eigenvalue weighted by molar-refractivity contribution is 0.0695. The Morgan fingerprint density at radius 3 is 2.89 bits per heavy atom. The molecule has 0 spiro atoms. The average molecular weight is 276 g/mol. The summed E-state index contributed by atoms with van der Waals surface area (Å²) in [6, 6.07) is 4.97. The third kappa shape index (κ3) is 2.78. The highest BCUT2D eigenvalue weighted by Gasteiger charge is 2.11. The Morgan fingerprint density at radius 1 is 1.42 bits per heavy atom. The van der Waals surface area contributed by atoms with Gasteiger partial charge in [0.1, 0.15) is 5.56 Å². The molecule has 0 saturated heterocycles. The second-order valence-corrected chi connectivity index (χ2v) is 4.22. The predicted molar refractivity (Wildman–Crippen MR) is 73.7 cm³/mol. The van der Waals surface area contributed by atoms with Gasteiger partial charge in [-0.1, -0.05) is 11.8 Å². The number of benzene rings is 1. The summed E-state index contributed by atoms with van der Waals surface area (Å²) in [5, 5.41) is 9.20. The zero-order valence-electron chi connectivity index (χ0n) is 9.87. The minimum absolute atomic E-state index is 0.270. The Bertz CT molecular complexity index is 753. The van der Waals surface area contributed by atoms with Crippen molar-refractivity contribution in [2.75, 3.05) is 5.88 Å². The van der Waals surface area contributed by atoms with E-state index in [0.717, 1.165) is 5.56 Å². The molecule has 2 aromatic rings. The molecule has 2 N–H and O–H groups in total. The number of aromatic carboxylic acids is 1. The quantitative estimate of drug-likeness (QED) is 0.652. The van der Waals surface area contributed by atoms with Gasteiger partial charge in [-0.2, -0.15) is 0 Å². The van der Waals surface area contributed by atoms with E-state index < -0.39 is 11.4 Å². The molecule has 19 heavy (non-hydrogen) atoms. The van der Waals surface area contributed by atoms with Crippen LogP contribution in [0.3, 0.4) is 0 Å². The maximum absolute atomic E-state index is 11.9. The van der Waals surface area contributed by atoms with E-state index >= 15 is 0 Å². The molecule has 0 unspecified atom stereocenters. The molecule has 2 rings (SSSR count). The van der Waals surface area contributed by atoms with Crippen molar-refractivity contribution in [3.05, 3.63) is 45.7 Å². The molecule has 96 valence electrons. The lowest BCUT2D eigenvalue weighted by atomic mass is 10.1. The molecule has 4 nitrogen and oxygen atoms in total. The SMILES string of the molecule is O=C(O)c1c[nH]c2cc(C#CCCCl)ccc2c1=O. The van der Waals surface area contributed by atoms with Gasteiger partial charge in [0.15, 0.2) is 0 Å². The molecule has 1 heterocycles. The summed E-state index contributed by atoms with van der Waals surface area (Å²) < 4.78 is 0. The summed E-state index contributed by atoms with van der Waals surface area (Å²) in [5.41, 5.74) is 0.541. The van der Waals surface area contributed by atoms with Crippen LogP contribution in [0.4, 0.5) is 0 Å². The summed E-state index contributed by atoms with van der Waals surface area (Å²) in [4.78, 5) is 25.5. The average Bonchev–Trinajstić information content (AvgIpc) is 2.39. The molecule has 0 atom stereocenters. The van der Waals surface area contributed by atoms with Crippen molar-refractivity contribution in [1.29, 1.82) is 0 Å². The molecule has 1 aromatic carbocycles. The number of fused-ring (bicyclic) bond motifs is 1. The molecule has 0 aliphatic heterocycles. The van der Waals surface area contributed by atoms with Crippen LogP contribution in [-0.2, 0) is 0 Å². The van der Waals surface area contributed by atoms with E-state index in [1.807, 2.05) is 0 Å². The monoisotopic (exact) mass is 275 g/mol. The van der Waals surface area contributed by atoms with Gasteiger partial charge in [0.05, 0.1) is 5.52 Å². The van der Waals surface area contributed by atoms with Gasteiger partial charge in [-0.15, -0.1) is 11.6 Å². The third-order valence-electron chi connectivity index (χ3n) is 2.56. The van der Waals surface area contributed by atoms with Gasteiger partial charge in [0, 0.05) is 29.4 Å². The van der Waals surface area contributed by atoms with Crippen molar-refractivity contribution in [1.82, 2.24) is 4.98 Å². The number of H-pyrrole nitrogens is 1. The molecule has 0 radical (unpaired) electrons. The molecule has 5 heteroatoms. The van der Waals surface area contributed by atoms with Crippen LogP contribution < -0.4 is 5.43 Å². The van der Waals surface area contributed by atoms with E-state index in [2.05, 4.69) is 16.8 Å². The van der Waals surface area contributed by atoms with E-state index in [9.17, 15) is 9.59 Å². The van der Waals surface area contributed by atoms with Gasteiger partial charge >= 0.3 is 5.97 Å². The highest BCUT2D eigenvalue weighted by molar-refractivity contribution is 6.18. The minimum atomic E-state index is -1.24. The number of aromatic amines is 1. The first-order valence-corrected chi connectivity index (χ1v) is 6.10. The molecule has 1 aromatic heterocycles. The van der Waals surface area contributed by atoms with E-state index in [0.29, 0.717) is 23.2 Å². The predicted octanol–water partition coefficient (Wildman–Crippen LogP) is 2.21. The maximum atomic E-state index is 11.9. The van der Waals surface area contributed by atoms with Crippen LogP contribution in [0.25, 0.3) is 10.9 Å². The van der Waals surface area contributed by atoms with Crippen molar-refractivity contribution >= 4 is 28.5 Å². The lowest BCUT2D eigenvalue weighted by Gasteiger charge is -2.00. The molecule has 0 saturated carbocycles. The molecule has 0 aliphatic carbocycles. The van der Waals surface area contributed by atoms with Crippen LogP contribution in [0.15, 0.2) is 29.2 Å².